The number of aryl methyl sites for hydroxylation is 1. The molecule has 0 radical (unpaired) electrons. The van der Waals surface area contributed by atoms with Crippen molar-refractivity contribution in [3.05, 3.63) is 36.4 Å². The molecule has 3 aromatic heterocycles. The number of nitrogens with zero attached hydrogens (tertiary/aromatic N) is 7. The molecule has 0 aromatic carbocycles. The summed E-state index contributed by atoms with van der Waals surface area (Å²) in [4.78, 5) is 8.14. The number of ether oxygens (including phenoxy) is 1. The molecule has 1 aliphatic rings. The lowest BCUT2D eigenvalue weighted by Gasteiger charge is -2.24. The quantitative estimate of drug-likeness (QED) is 0.549. The number of aromatic nitrogens is 6. The van der Waals surface area contributed by atoms with Crippen molar-refractivity contribution in [1.29, 1.82) is 5.26 Å². The SMILES string of the molecule is Cn1ccc(-c2nnc(Nc3cnc(C#N)cn3)cc2NC[C@@H]2CNCCO2)n1. The summed E-state index contributed by atoms with van der Waals surface area (Å²) in [6, 6.07) is 5.66. The van der Waals surface area contributed by atoms with Gasteiger partial charge >= 0.3 is 0 Å². The molecule has 1 atom stereocenters. The Morgan fingerprint density at radius 2 is 2.24 bits per heavy atom. The first-order valence-corrected chi connectivity index (χ1v) is 9.14. The Balaban J connectivity index is 1.57. The molecule has 3 aromatic rings. The maximum absolute atomic E-state index is 8.84. The van der Waals surface area contributed by atoms with E-state index in [9.17, 15) is 0 Å². The molecule has 4 rings (SSSR count). The molecular formula is C18H20N10O. The van der Waals surface area contributed by atoms with Crippen LogP contribution in [0.2, 0.25) is 0 Å². The molecule has 0 saturated carbocycles. The molecule has 1 aliphatic heterocycles. The Morgan fingerprint density at radius 1 is 1.31 bits per heavy atom. The van der Waals surface area contributed by atoms with E-state index in [-0.39, 0.29) is 11.8 Å². The largest absolute Gasteiger partial charge is 0.380 e. The Kier molecular flexibility index (Phi) is 5.55. The normalized spacial score (nSPS) is 16.2. The van der Waals surface area contributed by atoms with E-state index in [0.29, 0.717) is 30.5 Å². The minimum Gasteiger partial charge on any atom is -0.380 e. The molecule has 4 heterocycles. The summed E-state index contributed by atoms with van der Waals surface area (Å²) in [7, 11) is 1.85. The lowest BCUT2D eigenvalue weighted by molar-refractivity contribution is 0.0372. The first kappa shape index (κ1) is 18.7. The van der Waals surface area contributed by atoms with E-state index in [1.807, 2.05) is 31.4 Å². The van der Waals surface area contributed by atoms with Crippen LogP contribution in [0.15, 0.2) is 30.7 Å². The molecule has 0 unspecified atom stereocenters. The zero-order valence-corrected chi connectivity index (χ0v) is 15.8. The number of nitriles is 1. The van der Waals surface area contributed by atoms with Crippen LogP contribution >= 0.6 is 0 Å². The molecule has 1 saturated heterocycles. The van der Waals surface area contributed by atoms with Gasteiger partial charge in [0.1, 0.15) is 23.3 Å². The van der Waals surface area contributed by atoms with Crippen LogP contribution in [0.5, 0.6) is 0 Å². The summed E-state index contributed by atoms with van der Waals surface area (Å²) in [6.07, 6.45) is 4.79. The van der Waals surface area contributed by atoms with Crippen LogP contribution in [0, 0.1) is 11.3 Å². The van der Waals surface area contributed by atoms with Gasteiger partial charge < -0.3 is 20.7 Å². The third kappa shape index (κ3) is 4.63. The topological polar surface area (TPSA) is 138 Å². The van der Waals surface area contributed by atoms with Crippen LogP contribution < -0.4 is 16.0 Å². The van der Waals surface area contributed by atoms with E-state index >= 15 is 0 Å². The van der Waals surface area contributed by atoms with Crippen LogP contribution in [0.25, 0.3) is 11.4 Å². The Hall–Kier alpha value is -3.62. The standard InChI is InChI=1S/C18H20N10O/c1-28-4-2-14(27-28)18-15(22-10-13-9-20-3-5-29-13)6-16(25-26-18)24-17-11-21-12(7-19)8-23-17/h2,4,6,8,11,13,20H,3,5,9-10H2,1H3,(H2,22,23,24,25)/t13-/m0/s1. The summed E-state index contributed by atoms with van der Waals surface area (Å²) in [5.41, 5.74) is 2.38. The van der Waals surface area contributed by atoms with Crippen LogP contribution in [0.1, 0.15) is 5.69 Å². The highest BCUT2D eigenvalue weighted by Gasteiger charge is 2.17. The van der Waals surface area contributed by atoms with Crippen LogP contribution in [0.4, 0.5) is 17.3 Å². The van der Waals surface area contributed by atoms with Gasteiger partial charge in [-0.2, -0.15) is 10.4 Å². The second-order valence-corrected chi connectivity index (χ2v) is 6.47. The van der Waals surface area contributed by atoms with Gasteiger partial charge in [0.05, 0.1) is 30.8 Å². The maximum Gasteiger partial charge on any atom is 0.158 e. The van der Waals surface area contributed by atoms with Crippen molar-refractivity contribution >= 4 is 17.3 Å². The molecular weight excluding hydrogens is 372 g/mol. The van der Waals surface area contributed by atoms with Crippen LogP contribution in [0.3, 0.4) is 0 Å². The zero-order chi connectivity index (χ0) is 20.1. The highest BCUT2D eigenvalue weighted by Crippen LogP contribution is 2.26. The van der Waals surface area contributed by atoms with Crippen LogP contribution in [-0.2, 0) is 11.8 Å². The van der Waals surface area contributed by atoms with Gasteiger partial charge in [-0.05, 0) is 6.07 Å². The number of morpholine rings is 1. The fraction of sp³-hybridized carbons (Fsp3) is 0.333. The summed E-state index contributed by atoms with van der Waals surface area (Å²) >= 11 is 0. The first-order chi connectivity index (χ1) is 14.2. The minimum absolute atomic E-state index is 0.0642. The van der Waals surface area contributed by atoms with Crippen molar-refractivity contribution in [1.82, 2.24) is 35.3 Å². The Bertz CT molecular complexity index is 1000. The average Bonchev–Trinajstić information content (AvgIpc) is 3.20. The number of hydrogen-bond donors (Lipinski definition) is 3. The van der Waals surface area contributed by atoms with E-state index in [2.05, 4.69) is 41.2 Å². The van der Waals surface area contributed by atoms with Crippen molar-refractivity contribution in [3.63, 3.8) is 0 Å². The van der Waals surface area contributed by atoms with Crippen molar-refractivity contribution in [2.24, 2.45) is 7.05 Å². The summed E-state index contributed by atoms with van der Waals surface area (Å²) < 4.78 is 7.47. The van der Waals surface area contributed by atoms with Crippen LogP contribution in [-0.4, -0.2) is 62.3 Å². The Morgan fingerprint density at radius 3 is 2.93 bits per heavy atom. The average molecular weight is 392 g/mol. The third-order valence-corrected chi connectivity index (χ3v) is 4.30. The fourth-order valence-electron chi connectivity index (χ4n) is 2.87. The van der Waals surface area contributed by atoms with Gasteiger partial charge in [0.15, 0.2) is 11.5 Å². The van der Waals surface area contributed by atoms with E-state index in [0.717, 1.165) is 24.5 Å². The lowest BCUT2D eigenvalue weighted by Crippen LogP contribution is -2.42. The number of anilines is 3. The molecule has 11 heteroatoms. The van der Waals surface area contributed by atoms with Gasteiger partial charge in [0, 0.05) is 38.9 Å². The summed E-state index contributed by atoms with van der Waals surface area (Å²) in [6.45, 7) is 2.97. The summed E-state index contributed by atoms with van der Waals surface area (Å²) in [5, 5.41) is 31.6. The third-order valence-electron chi connectivity index (χ3n) is 4.30. The fourth-order valence-corrected chi connectivity index (χ4v) is 2.87. The van der Waals surface area contributed by atoms with Crippen molar-refractivity contribution in [2.45, 2.75) is 6.10 Å². The molecule has 1 fully saturated rings. The van der Waals surface area contributed by atoms with Gasteiger partial charge in [0.25, 0.3) is 0 Å². The highest BCUT2D eigenvalue weighted by molar-refractivity contribution is 5.74. The number of nitrogens with one attached hydrogen (secondary N) is 3. The highest BCUT2D eigenvalue weighted by atomic mass is 16.5. The first-order valence-electron chi connectivity index (χ1n) is 9.14. The predicted molar refractivity (Wildman–Crippen MR) is 105 cm³/mol. The lowest BCUT2D eigenvalue weighted by atomic mass is 10.2. The predicted octanol–water partition coefficient (Wildman–Crippen LogP) is 0.683. The van der Waals surface area contributed by atoms with Gasteiger partial charge in [0.2, 0.25) is 0 Å². The van der Waals surface area contributed by atoms with Gasteiger partial charge in [-0.1, -0.05) is 0 Å². The van der Waals surface area contributed by atoms with E-state index in [1.165, 1.54) is 12.4 Å². The van der Waals surface area contributed by atoms with Crippen molar-refractivity contribution in [2.75, 3.05) is 36.9 Å². The molecule has 11 nitrogen and oxygen atoms in total. The number of rotatable bonds is 6. The monoisotopic (exact) mass is 392 g/mol. The van der Waals surface area contributed by atoms with E-state index < -0.39 is 0 Å². The Labute approximate surface area is 167 Å². The smallest absolute Gasteiger partial charge is 0.158 e. The molecule has 3 N–H and O–H groups in total. The molecule has 0 bridgehead atoms. The minimum atomic E-state index is 0.0642. The van der Waals surface area contributed by atoms with Gasteiger partial charge in [-0.25, -0.2) is 9.97 Å². The van der Waals surface area contributed by atoms with Gasteiger partial charge in [-0.15, -0.1) is 10.2 Å². The van der Waals surface area contributed by atoms with Crippen molar-refractivity contribution < 1.29 is 4.74 Å². The second-order valence-electron chi connectivity index (χ2n) is 6.47. The molecule has 148 valence electrons. The van der Waals surface area contributed by atoms with E-state index in [4.69, 9.17) is 10.00 Å². The molecule has 0 aliphatic carbocycles. The van der Waals surface area contributed by atoms with E-state index in [1.54, 1.807) is 4.68 Å². The zero-order valence-electron chi connectivity index (χ0n) is 15.8. The molecule has 0 spiro atoms. The maximum atomic E-state index is 8.84. The summed E-state index contributed by atoms with van der Waals surface area (Å²) in [5.74, 6) is 0.962. The molecule has 29 heavy (non-hydrogen) atoms. The number of hydrogen-bond acceptors (Lipinski definition) is 10. The second kappa shape index (κ2) is 8.59. The molecule has 0 amide bonds. The van der Waals surface area contributed by atoms with Crippen molar-refractivity contribution in [3.8, 4) is 17.5 Å². The van der Waals surface area contributed by atoms with Gasteiger partial charge in [-0.3, -0.25) is 4.68 Å².